The Morgan fingerprint density at radius 1 is 1.00 bits per heavy atom. The minimum atomic E-state index is 0. The smallest absolute Gasteiger partial charge is 0.0379 e. The third-order valence-electron chi connectivity index (χ3n) is 8.06. The van der Waals surface area contributed by atoms with E-state index in [0.717, 1.165) is 24.4 Å². The van der Waals surface area contributed by atoms with Crippen LogP contribution in [0, 0.1) is 18.8 Å². The Bertz CT molecular complexity index is 621. The Morgan fingerprint density at radius 2 is 1.68 bits per heavy atom. The maximum absolute atomic E-state index is 3.71. The van der Waals surface area contributed by atoms with Crippen molar-refractivity contribution in [3.8, 4) is 0 Å². The first-order valence-electron chi connectivity index (χ1n) is 10.8. The van der Waals surface area contributed by atoms with Crippen LogP contribution in [0.25, 0.3) is 0 Å². The minimum absolute atomic E-state index is 0. The van der Waals surface area contributed by atoms with Gasteiger partial charge in [0.15, 0.2) is 0 Å². The monoisotopic (exact) mass is 340 g/mol. The largest absolute Gasteiger partial charge is 0.384 e. The van der Waals surface area contributed by atoms with Gasteiger partial charge in [-0.1, -0.05) is 37.0 Å². The first-order valence-corrected chi connectivity index (χ1v) is 10.8. The maximum Gasteiger partial charge on any atom is 0.0379 e. The van der Waals surface area contributed by atoms with Gasteiger partial charge in [-0.05, 0) is 82.0 Å². The van der Waals surface area contributed by atoms with Crippen LogP contribution in [-0.2, 0) is 5.41 Å². The summed E-state index contributed by atoms with van der Waals surface area (Å²) >= 11 is 0. The van der Waals surface area contributed by atoms with Crippen LogP contribution in [-0.4, -0.2) is 30.6 Å². The molecule has 2 bridgehead atoms. The van der Waals surface area contributed by atoms with Crippen LogP contribution in [0.15, 0.2) is 18.2 Å². The molecule has 2 heterocycles. The number of rotatable bonds is 1. The lowest BCUT2D eigenvalue weighted by atomic mass is 9.71. The van der Waals surface area contributed by atoms with Crippen molar-refractivity contribution in [2.45, 2.75) is 76.2 Å². The molecule has 3 fully saturated rings. The van der Waals surface area contributed by atoms with Crippen molar-refractivity contribution in [2.24, 2.45) is 11.8 Å². The molecule has 1 N–H and O–H groups in total. The first-order chi connectivity index (χ1) is 12.3. The van der Waals surface area contributed by atoms with Gasteiger partial charge in [-0.2, -0.15) is 0 Å². The average Bonchev–Trinajstić information content (AvgIpc) is 2.91. The van der Waals surface area contributed by atoms with Crippen LogP contribution in [0.2, 0.25) is 0 Å². The molecular weight excluding hydrogens is 304 g/mol. The van der Waals surface area contributed by atoms with Crippen LogP contribution in [0.5, 0.6) is 0 Å². The van der Waals surface area contributed by atoms with E-state index in [-0.39, 0.29) is 1.43 Å². The highest BCUT2D eigenvalue weighted by atomic mass is 15.2. The summed E-state index contributed by atoms with van der Waals surface area (Å²) < 4.78 is 0. The average molecular weight is 341 g/mol. The van der Waals surface area contributed by atoms with E-state index < -0.39 is 0 Å². The van der Waals surface area contributed by atoms with E-state index in [1.165, 1.54) is 82.1 Å². The SMILES string of the molecule is Cc1ccc2c(c1)C1(CCN(C3C4CCCCC3CCC4)CC1)CN2.[HH]. The van der Waals surface area contributed by atoms with Crippen molar-refractivity contribution in [2.75, 3.05) is 25.0 Å². The fourth-order valence-electron chi connectivity index (χ4n) is 6.72. The molecule has 0 radical (unpaired) electrons. The molecule has 2 saturated carbocycles. The molecule has 138 valence electrons. The molecule has 2 unspecified atom stereocenters. The quantitative estimate of drug-likeness (QED) is 0.740. The Morgan fingerprint density at radius 3 is 2.40 bits per heavy atom. The molecule has 5 rings (SSSR count). The fourth-order valence-corrected chi connectivity index (χ4v) is 6.72. The Hall–Kier alpha value is -1.02. The predicted octanol–water partition coefficient (Wildman–Crippen LogP) is 5.36. The van der Waals surface area contributed by atoms with Crippen molar-refractivity contribution >= 4 is 5.69 Å². The van der Waals surface area contributed by atoms with E-state index >= 15 is 0 Å². The molecular formula is C23H36N2. The number of hydrogen-bond donors (Lipinski definition) is 1. The number of nitrogens with zero attached hydrogens (tertiary/aromatic N) is 1. The Balaban J connectivity index is 0.00000168. The molecule has 1 spiro atoms. The number of anilines is 1. The van der Waals surface area contributed by atoms with E-state index in [0.29, 0.717) is 5.41 Å². The molecule has 2 nitrogen and oxygen atoms in total. The molecule has 2 aliphatic carbocycles. The number of nitrogens with one attached hydrogen (secondary N) is 1. The lowest BCUT2D eigenvalue weighted by Crippen LogP contribution is -2.53. The van der Waals surface area contributed by atoms with E-state index in [1.807, 2.05) is 0 Å². The zero-order chi connectivity index (χ0) is 16.9. The van der Waals surface area contributed by atoms with Gasteiger partial charge in [0.2, 0.25) is 0 Å². The number of hydrogen-bond acceptors (Lipinski definition) is 2. The normalized spacial score (nSPS) is 34.4. The Kier molecular flexibility index (Phi) is 4.08. The third-order valence-corrected chi connectivity index (χ3v) is 8.06. The van der Waals surface area contributed by atoms with Gasteiger partial charge < -0.3 is 5.32 Å². The highest BCUT2D eigenvalue weighted by Crippen LogP contribution is 2.47. The predicted molar refractivity (Wildman–Crippen MR) is 107 cm³/mol. The van der Waals surface area contributed by atoms with Gasteiger partial charge in [-0.25, -0.2) is 0 Å². The fraction of sp³-hybridized carbons (Fsp3) is 0.739. The second-order valence-corrected chi connectivity index (χ2v) is 9.45. The second-order valence-electron chi connectivity index (χ2n) is 9.45. The van der Waals surface area contributed by atoms with Gasteiger partial charge in [0.25, 0.3) is 0 Å². The van der Waals surface area contributed by atoms with Crippen molar-refractivity contribution in [1.29, 1.82) is 0 Å². The zero-order valence-electron chi connectivity index (χ0n) is 15.9. The van der Waals surface area contributed by atoms with E-state index in [2.05, 4.69) is 35.3 Å². The molecule has 25 heavy (non-hydrogen) atoms. The van der Waals surface area contributed by atoms with Gasteiger partial charge in [0, 0.05) is 25.1 Å². The third kappa shape index (κ3) is 2.72. The molecule has 1 aromatic carbocycles. The van der Waals surface area contributed by atoms with Crippen molar-refractivity contribution in [3.05, 3.63) is 29.3 Å². The van der Waals surface area contributed by atoms with Gasteiger partial charge in [-0.3, -0.25) is 4.90 Å². The zero-order valence-corrected chi connectivity index (χ0v) is 15.9. The maximum atomic E-state index is 3.71. The summed E-state index contributed by atoms with van der Waals surface area (Å²) in [6.07, 6.45) is 13.2. The molecule has 0 aromatic heterocycles. The molecule has 1 aromatic rings. The summed E-state index contributed by atoms with van der Waals surface area (Å²) in [4.78, 5) is 2.94. The summed E-state index contributed by atoms with van der Waals surface area (Å²) in [5.74, 6) is 2.01. The molecule has 0 amide bonds. The van der Waals surface area contributed by atoms with E-state index in [1.54, 1.807) is 5.56 Å². The van der Waals surface area contributed by atoms with E-state index in [9.17, 15) is 0 Å². The van der Waals surface area contributed by atoms with Gasteiger partial charge in [-0.15, -0.1) is 0 Å². The lowest BCUT2D eigenvalue weighted by Gasteiger charge is -2.49. The van der Waals surface area contributed by atoms with Crippen LogP contribution in [0.1, 0.15) is 70.3 Å². The summed E-state index contributed by atoms with van der Waals surface area (Å²) in [5, 5.41) is 3.71. The molecule has 4 aliphatic rings. The molecule has 2 aliphatic heterocycles. The van der Waals surface area contributed by atoms with E-state index in [4.69, 9.17) is 0 Å². The van der Waals surface area contributed by atoms with Gasteiger partial charge in [0.05, 0.1) is 0 Å². The molecule has 2 atom stereocenters. The number of likely N-dealkylation sites (tertiary alicyclic amines) is 1. The lowest BCUT2D eigenvalue weighted by molar-refractivity contribution is 0.0268. The van der Waals surface area contributed by atoms with Crippen LogP contribution in [0.4, 0.5) is 5.69 Å². The second kappa shape index (κ2) is 6.30. The first kappa shape index (κ1) is 16.2. The molecule has 2 heteroatoms. The van der Waals surface area contributed by atoms with Crippen LogP contribution in [0.3, 0.4) is 0 Å². The number of piperidine rings is 1. The highest BCUT2D eigenvalue weighted by molar-refractivity contribution is 5.61. The van der Waals surface area contributed by atoms with Crippen LogP contribution >= 0.6 is 0 Å². The van der Waals surface area contributed by atoms with Crippen molar-refractivity contribution in [3.63, 3.8) is 0 Å². The van der Waals surface area contributed by atoms with Crippen molar-refractivity contribution in [1.82, 2.24) is 4.90 Å². The Labute approximate surface area is 154 Å². The highest BCUT2D eigenvalue weighted by Gasteiger charge is 2.45. The van der Waals surface area contributed by atoms with Gasteiger partial charge in [0.1, 0.15) is 0 Å². The number of aryl methyl sites for hydroxylation is 1. The topological polar surface area (TPSA) is 15.3 Å². The molecule has 1 saturated heterocycles. The van der Waals surface area contributed by atoms with Crippen molar-refractivity contribution < 1.29 is 1.43 Å². The summed E-state index contributed by atoms with van der Waals surface area (Å²) in [6.45, 7) is 6.06. The summed E-state index contributed by atoms with van der Waals surface area (Å²) in [6, 6.07) is 7.94. The summed E-state index contributed by atoms with van der Waals surface area (Å²) in [7, 11) is 0. The minimum Gasteiger partial charge on any atom is -0.384 e. The van der Waals surface area contributed by atoms with Gasteiger partial charge >= 0.3 is 0 Å². The standard InChI is InChI=1S/C23H34N2.H2/c1-17-9-10-21-20(15-17)23(16-24-21)11-13-25(14-12-23)22-18-5-2-3-6-19(22)8-4-7-18;/h9-10,15,18-19,22,24H,2-8,11-14,16H2,1H3;1H. The number of fused-ring (bicyclic) bond motifs is 4. The summed E-state index contributed by atoms with van der Waals surface area (Å²) in [5.41, 5.74) is 4.86. The van der Waals surface area contributed by atoms with Crippen LogP contribution < -0.4 is 5.32 Å². The number of benzene rings is 1.